The van der Waals surface area contributed by atoms with Crippen LogP contribution in [0.15, 0.2) is 48.2 Å². The van der Waals surface area contributed by atoms with Gasteiger partial charge in [-0.25, -0.2) is 9.67 Å². The topological polar surface area (TPSA) is 77.1 Å². The van der Waals surface area contributed by atoms with Crippen molar-refractivity contribution in [3.63, 3.8) is 0 Å². The molecule has 0 bridgehead atoms. The van der Waals surface area contributed by atoms with Crippen LogP contribution in [0.2, 0.25) is 0 Å². The average Bonchev–Trinajstić information content (AvgIpc) is 3.29. The molecule has 0 fully saturated rings. The number of nitrogens with zero attached hydrogens (tertiary/aromatic N) is 5. The molecule has 1 aromatic carbocycles. The van der Waals surface area contributed by atoms with Crippen LogP contribution in [0.25, 0.3) is 10.6 Å². The Balaban J connectivity index is 1.44. The van der Waals surface area contributed by atoms with E-state index in [0.29, 0.717) is 6.54 Å². The largest absolute Gasteiger partial charge is 0.345 e. The number of hydrogen-bond acceptors (Lipinski definition) is 5. The maximum atomic E-state index is 12.2. The molecular weight excluding hydrogens is 324 g/mol. The lowest BCUT2D eigenvalue weighted by atomic mass is 10.2. The lowest BCUT2D eigenvalue weighted by Crippen LogP contribution is -2.23. The number of carbonyl (C=O) groups is 1. The summed E-state index contributed by atoms with van der Waals surface area (Å²) in [5.74, 6) is -0.273. The second-order valence-electron chi connectivity index (χ2n) is 5.39. The molecule has 4 rings (SSSR count). The minimum atomic E-state index is -0.273. The van der Waals surface area contributed by atoms with Crippen LogP contribution >= 0.6 is 11.3 Å². The van der Waals surface area contributed by atoms with Crippen LogP contribution in [0.3, 0.4) is 0 Å². The highest BCUT2D eigenvalue weighted by atomic mass is 32.1. The summed E-state index contributed by atoms with van der Waals surface area (Å²) in [5.41, 5.74) is 3.11. The van der Waals surface area contributed by atoms with Crippen molar-refractivity contribution >= 4 is 22.2 Å². The van der Waals surface area contributed by atoms with E-state index in [4.69, 9.17) is 0 Å². The molecule has 0 saturated heterocycles. The van der Waals surface area contributed by atoms with Crippen molar-refractivity contribution in [3.8, 4) is 5.69 Å². The molecule has 0 aliphatic rings. The van der Waals surface area contributed by atoms with Crippen LogP contribution in [-0.2, 0) is 6.54 Å². The molecule has 24 heavy (non-hydrogen) atoms. The quantitative estimate of drug-likeness (QED) is 0.619. The van der Waals surface area contributed by atoms with E-state index in [1.807, 2.05) is 53.4 Å². The number of aromatic nitrogens is 5. The van der Waals surface area contributed by atoms with E-state index in [9.17, 15) is 4.79 Å². The first-order valence-corrected chi connectivity index (χ1v) is 8.26. The number of nitrogens with one attached hydrogen (secondary N) is 1. The second kappa shape index (κ2) is 5.89. The summed E-state index contributed by atoms with van der Waals surface area (Å²) in [7, 11) is 0. The Bertz CT molecular complexity index is 969. The van der Waals surface area contributed by atoms with Crippen molar-refractivity contribution in [2.45, 2.75) is 13.5 Å². The molecule has 7 nitrogen and oxygen atoms in total. The van der Waals surface area contributed by atoms with Gasteiger partial charge in [-0.1, -0.05) is 22.9 Å². The number of imidazole rings is 1. The highest BCUT2D eigenvalue weighted by Crippen LogP contribution is 2.11. The van der Waals surface area contributed by atoms with Gasteiger partial charge in [0.05, 0.1) is 24.1 Å². The summed E-state index contributed by atoms with van der Waals surface area (Å²) in [6, 6.07) is 7.84. The maximum Gasteiger partial charge on any atom is 0.273 e. The Kier molecular flexibility index (Phi) is 3.58. The van der Waals surface area contributed by atoms with Crippen LogP contribution in [-0.4, -0.2) is 30.3 Å². The SMILES string of the molecule is Cc1ccc(-n2cc(C(=O)NCc3cn4ccsc4n3)nn2)cc1. The number of benzene rings is 1. The molecule has 0 spiro atoms. The van der Waals surface area contributed by atoms with Gasteiger partial charge in [-0.2, -0.15) is 0 Å². The number of hydrogen-bond donors (Lipinski definition) is 1. The zero-order valence-electron chi connectivity index (χ0n) is 12.9. The van der Waals surface area contributed by atoms with Crippen molar-refractivity contribution in [3.05, 3.63) is 65.2 Å². The van der Waals surface area contributed by atoms with E-state index in [0.717, 1.165) is 21.9 Å². The average molecular weight is 338 g/mol. The minimum Gasteiger partial charge on any atom is -0.345 e. The van der Waals surface area contributed by atoms with Gasteiger partial charge in [-0.3, -0.25) is 9.20 Å². The summed E-state index contributed by atoms with van der Waals surface area (Å²) in [6.07, 6.45) is 5.45. The zero-order chi connectivity index (χ0) is 16.5. The van der Waals surface area contributed by atoms with Crippen LogP contribution in [0, 0.1) is 6.92 Å². The Labute approximate surface area is 141 Å². The minimum absolute atomic E-state index is 0.273. The molecular formula is C16H14N6OS. The van der Waals surface area contributed by atoms with Gasteiger partial charge in [-0.15, -0.1) is 16.4 Å². The number of thiazole rings is 1. The first-order valence-electron chi connectivity index (χ1n) is 7.38. The molecule has 1 N–H and O–H groups in total. The van der Waals surface area contributed by atoms with E-state index in [1.54, 1.807) is 22.2 Å². The molecule has 3 heterocycles. The van der Waals surface area contributed by atoms with Gasteiger partial charge in [-0.05, 0) is 19.1 Å². The van der Waals surface area contributed by atoms with E-state index < -0.39 is 0 Å². The molecule has 1 amide bonds. The van der Waals surface area contributed by atoms with Crippen molar-refractivity contribution < 1.29 is 4.79 Å². The summed E-state index contributed by atoms with van der Waals surface area (Å²) in [6.45, 7) is 2.37. The molecule has 0 atom stereocenters. The first-order chi connectivity index (χ1) is 11.7. The van der Waals surface area contributed by atoms with Gasteiger partial charge in [0.15, 0.2) is 10.7 Å². The summed E-state index contributed by atoms with van der Waals surface area (Å²) in [4.78, 5) is 17.5. The fourth-order valence-corrected chi connectivity index (χ4v) is 3.03. The summed E-state index contributed by atoms with van der Waals surface area (Å²) >= 11 is 1.55. The first kappa shape index (κ1) is 14.6. The normalized spacial score (nSPS) is 11.0. The standard InChI is InChI=1S/C16H14N6OS/c1-11-2-4-13(5-3-11)22-10-14(19-20-22)15(23)17-8-12-9-21-6-7-24-16(21)18-12/h2-7,9-10H,8H2,1H3,(H,17,23). The number of fused-ring (bicyclic) bond motifs is 1. The number of rotatable bonds is 4. The Morgan fingerprint density at radius 2 is 2.08 bits per heavy atom. The van der Waals surface area contributed by atoms with E-state index in [1.165, 1.54) is 0 Å². The smallest absolute Gasteiger partial charge is 0.273 e. The summed E-state index contributed by atoms with van der Waals surface area (Å²) < 4.78 is 3.51. The van der Waals surface area contributed by atoms with Crippen molar-refractivity contribution in [1.29, 1.82) is 0 Å². The predicted molar refractivity (Wildman–Crippen MR) is 90.3 cm³/mol. The van der Waals surface area contributed by atoms with E-state index in [-0.39, 0.29) is 11.6 Å². The maximum absolute atomic E-state index is 12.2. The van der Waals surface area contributed by atoms with E-state index in [2.05, 4.69) is 20.6 Å². The predicted octanol–water partition coefficient (Wildman–Crippen LogP) is 2.21. The van der Waals surface area contributed by atoms with Crippen LogP contribution in [0.5, 0.6) is 0 Å². The van der Waals surface area contributed by atoms with Gasteiger partial charge in [0.1, 0.15) is 0 Å². The highest BCUT2D eigenvalue weighted by molar-refractivity contribution is 7.15. The van der Waals surface area contributed by atoms with Crippen LogP contribution < -0.4 is 5.32 Å². The third-order valence-electron chi connectivity index (χ3n) is 3.60. The van der Waals surface area contributed by atoms with Gasteiger partial charge in [0.25, 0.3) is 5.91 Å². The molecule has 0 saturated carbocycles. The van der Waals surface area contributed by atoms with Gasteiger partial charge in [0, 0.05) is 17.8 Å². The summed E-state index contributed by atoms with van der Waals surface area (Å²) in [5, 5.41) is 12.7. The monoisotopic (exact) mass is 338 g/mol. The molecule has 4 aromatic rings. The number of carbonyl (C=O) groups excluding carboxylic acids is 1. The Morgan fingerprint density at radius 1 is 1.25 bits per heavy atom. The molecule has 0 unspecified atom stereocenters. The molecule has 120 valence electrons. The molecule has 0 aliphatic heterocycles. The van der Waals surface area contributed by atoms with Crippen molar-refractivity contribution in [2.75, 3.05) is 0 Å². The lowest BCUT2D eigenvalue weighted by molar-refractivity contribution is 0.0945. The zero-order valence-corrected chi connectivity index (χ0v) is 13.7. The highest BCUT2D eigenvalue weighted by Gasteiger charge is 2.12. The van der Waals surface area contributed by atoms with Crippen molar-refractivity contribution in [2.24, 2.45) is 0 Å². The molecule has 8 heteroatoms. The number of aryl methyl sites for hydroxylation is 1. The van der Waals surface area contributed by atoms with Crippen LogP contribution in [0.4, 0.5) is 0 Å². The third-order valence-corrected chi connectivity index (χ3v) is 4.37. The molecule has 3 aromatic heterocycles. The molecule has 0 radical (unpaired) electrons. The Morgan fingerprint density at radius 3 is 2.88 bits per heavy atom. The third kappa shape index (κ3) is 2.79. The lowest BCUT2D eigenvalue weighted by Gasteiger charge is -2.00. The van der Waals surface area contributed by atoms with Crippen LogP contribution in [0.1, 0.15) is 21.7 Å². The second-order valence-corrected chi connectivity index (χ2v) is 6.26. The fraction of sp³-hybridized carbons (Fsp3) is 0.125. The van der Waals surface area contributed by atoms with Gasteiger partial charge < -0.3 is 5.32 Å². The van der Waals surface area contributed by atoms with E-state index >= 15 is 0 Å². The van der Waals surface area contributed by atoms with Crippen molar-refractivity contribution in [1.82, 2.24) is 29.7 Å². The Hall–Kier alpha value is -3.00. The molecule has 0 aliphatic carbocycles. The fourth-order valence-electron chi connectivity index (χ4n) is 2.31. The van der Waals surface area contributed by atoms with Gasteiger partial charge in [0.2, 0.25) is 0 Å². The number of amides is 1. The van der Waals surface area contributed by atoms with Gasteiger partial charge >= 0.3 is 0 Å².